The molecule has 0 atom stereocenters. The van der Waals surface area contributed by atoms with Gasteiger partial charge in [-0.3, -0.25) is 14.8 Å². The summed E-state index contributed by atoms with van der Waals surface area (Å²) in [6, 6.07) is 12.2. The Morgan fingerprint density at radius 1 is 1.21 bits per heavy atom. The average Bonchev–Trinajstić information content (AvgIpc) is 2.73. The Hall–Kier alpha value is -3.23. The lowest BCUT2D eigenvalue weighted by Crippen LogP contribution is -2.43. The van der Waals surface area contributed by atoms with Crippen LogP contribution in [0.5, 0.6) is 5.75 Å². The van der Waals surface area contributed by atoms with Crippen LogP contribution >= 0.6 is 0 Å². The second-order valence-corrected chi connectivity index (χ2v) is 6.15. The molecule has 0 aliphatic rings. The van der Waals surface area contributed by atoms with Crippen molar-refractivity contribution in [3.63, 3.8) is 0 Å². The molecule has 1 heterocycles. The summed E-state index contributed by atoms with van der Waals surface area (Å²) < 4.78 is 29.5. The molecular formula is C20H25F2N5O2. The lowest BCUT2D eigenvalue weighted by molar-refractivity contribution is -0.128. The lowest BCUT2D eigenvalue weighted by atomic mass is 10.2. The number of amides is 1. The number of carbonyl (C=O) groups is 1. The maximum atomic E-state index is 12.5. The molecule has 0 fully saturated rings. The molecule has 1 aromatic heterocycles. The van der Waals surface area contributed by atoms with Gasteiger partial charge in [-0.15, -0.1) is 0 Å². The fourth-order valence-corrected chi connectivity index (χ4v) is 2.51. The molecule has 29 heavy (non-hydrogen) atoms. The molecule has 9 heteroatoms. The number of aliphatic imine (C=N–C) groups is 1. The number of ether oxygens (including phenoxy) is 1. The standard InChI is InChI=1S/C20H25F2N5O2/c1-23-20(25-13-15-7-3-4-9-17(15)29-19(21)22)26-14-18(28)27(2)12-10-16-8-5-6-11-24-16/h3-9,11,19H,10,12-14H2,1-2H3,(H2,23,25,26). The number of guanidine groups is 1. The largest absolute Gasteiger partial charge is 0.434 e. The van der Waals surface area contributed by atoms with Gasteiger partial charge in [-0.25, -0.2) is 0 Å². The van der Waals surface area contributed by atoms with Gasteiger partial charge in [0.25, 0.3) is 0 Å². The van der Waals surface area contributed by atoms with Gasteiger partial charge in [-0.1, -0.05) is 24.3 Å². The Morgan fingerprint density at radius 2 is 1.97 bits per heavy atom. The van der Waals surface area contributed by atoms with E-state index >= 15 is 0 Å². The maximum absolute atomic E-state index is 12.5. The van der Waals surface area contributed by atoms with Crippen LogP contribution in [0, 0.1) is 0 Å². The summed E-state index contributed by atoms with van der Waals surface area (Å²) in [5, 5.41) is 5.91. The summed E-state index contributed by atoms with van der Waals surface area (Å²) in [6.07, 6.45) is 2.38. The maximum Gasteiger partial charge on any atom is 0.387 e. The highest BCUT2D eigenvalue weighted by Gasteiger charge is 2.12. The zero-order valence-corrected chi connectivity index (χ0v) is 16.4. The highest BCUT2D eigenvalue weighted by atomic mass is 19.3. The fraction of sp³-hybridized carbons (Fsp3) is 0.350. The number of aromatic nitrogens is 1. The number of nitrogens with one attached hydrogen (secondary N) is 2. The van der Waals surface area contributed by atoms with E-state index in [-0.39, 0.29) is 24.7 Å². The zero-order valence-electron chi connectivity index (χ0n) is 16.4. The molecule has 2 rings (SSSR count). The molecule has 2 aromatic rings. The second kappa shape index (κ2) is 11.6. The summed E-state index contributed by atoms with van der Waals surface area (Å²) in [5.74, 6) is 0.365. The van der Waals surface area contributed by atoms with Crippen LogP contribution in [0.2, 0.25) is 0 Å². The van der Waals surface area contributed by atoms with E-state index in [0.717, 1.165) is 5.69 Å². The monoisotopic (exact) mass is 405 g/mol. The Kier molecular flexibility index (Phi) is 8.81. The first kappa shape index (κ1) is 22.1. The molecular weight excluding hydrogens is 380 g/mol. The van der Waals surface area contributed by atoms with E-state index in [1.807, 2.05) is 18.2 Å². The van der Waals surface area contributed by atoms with Gasteiger partial charge in [0.2, 0.25) is 5.91 Å². The number of nitrogens with zero attached hydrogens (tertiary/aromatic N) is 3. The molecule has 7 nitrogen and oxygen atoms in total. The molecule has 156 valence electrons. The van der Waals surface area contributed by atoms with Crippen molar-refractivity contribution in [3.8, 4) is 5.75 Å². The number of para-hydroxylation sites is 1. The molecule has 0 aliphatic heterocycles. The van der Waals surface area contributed by atoms with Gasteiger partial charge in [0.1, 0.15) is 5.75 Å². The van der Waals surface area contributed by atoms with Gasteiger partial charge in [0.05, 0.1) is 6.54 Å². The van der Waals surface area contributed by atoms with Crippen LogP contribution in [0.15, 0.2) is 53.7 Å². The van der Waals surface area contributed by atoms with E-state index < -0.39 is 6.61 Å². The van der Waals surface area contributed by atoms with Crippen molar-refractivity contribution in [2.45, 2.75) is 19.6 Å². The summed E-state index contributed by atoms with van der Waals surface area (Å²) in [5.41, 5.74) is 1.47. The minimum Gasteiger partial charge on any atom is -0.434 e. The molecule has 0 radical (unpaired) electrons. The SMILES string of the molecule is CN=C(NCC(=O)N(C)CCc1ccccn1)NCc1ccccc1OC(F)F. The first-order valence-electron chi connectivity index (χ1n) is 9.10. The van der Waals surface area contributed by atoms with Crippen LogP contribution in [0.1, 0.15) is 11.3 Å². The van der Waals surface area contributed by atoms with Gasteiger partial charge in [-0.05, 0) is 18.2 Å². The molecule has 0 saturated carbocycles. The molecule has 0 bridgehead atoms. The smallest absolute Gasteiger partial charge is 0.387 e. The van der Waals surface area contributed by atoms with Crippen LogP contribution < -0.4 is 15.4 Å². The van der Waals surface area contributed by atoms with Gasteiger partial charge in [0.15, 0.2) is 5.96 Å². The number of hydrogen-bond acceptors (Lipinski definition) is 4. The number of halogens is 2. The third-order valence-electron chi connectivity index (χ3n) is 4.12. The number of benzene rings is 1. The lowest BCUT2D eigenvalue weighted by Gasteiger charge is -2.19. The van der Waals surface area contributed by atoms with Crippen molar-refractivity contribution in [1.29, 1.82) is 0 Å². The third-order valence-corrected chi connectivity index (χ3v) is 4.12. The van der Waals surface area contributed by atoms with Crippen molar-refractivity contribution in [2.24, 2.45) is 4.99 Å². The van der Waals surface area contributed by atoms with Crippen LogP contribution in [-0.2, 0) is 17.8 Å². The van der Waals surface area contributed by atoms with Crippen molar-refractivity contribution in [3.05, 3.63) is 59.9 Å². The number of carbonyl (C=O) groups excluding carboxylic acids is 1. The molecule has 0 aliphatic carbocycles. The van der Waals surface area contributed by atoms with Crippen molar-refractivity contribution < 1.29 is 18.3 Å². The van der Waals surface area contributed by atoms with E-state index in [1.165, 1.54) is 6.07 Å². The average molecular weight is 405 g/mol. The molecule has 1 aromatic carbocycles. The topological polar surface area (TPSA) is 78.9 Å². The van der Waals surface area contributed by atoms with E-state index in [1.54, 1.807) is 43.4 Å². The van der Waals surface area contributed by atoms with Crippen molar-refractivity contribution in [1.82, 2.24) is 20.5 Å². The molecule has 0 spiro atoms. The molecule has 0 saturated heterocycles. The van der Waals surface area contributed by atoms with Crippen molar-refractivity contribution >= 4 is 11.9 Å². The van der Waals surface area contributed by atoms with Gasteiger partial charge < -0.3 is 20.3 Å². The van der Waals surface area contributed by atoms with E-state index in [9.17, 15) is 13.6 Å². The number of rotatable bonds is 9. The Labute approximate surface area is 168 Å². The number of hydrogen-bond donors (Lipinski definition) is 2. The minimum atomic E-state index is -2.90. The summed E-state index contributed by atoms with van der Waals surface area (Å²) >= 11 is 0. The molecule has 0 unspecified atom stereocenters. The first-order valence-corrected chi connectivity index (χ1v) is 9.10. The normalized spacial score (nSPS) is 11.3. The number of alkyl halides is 2. The molecule has 1 amide bonds. The predicted molar refractivity (Wildman–Crippen MR) is 107 cm³/mol. The second-order valence-electron chi connectivity index (χ2n) is 6.15. The van der Waals surface area contributed by atoms with Crippen LogP contribution in [-0.4, -0.2) is 55.5 Å². The van der Waals surface area contributed by atoms with Gasteiger partial charge in [0, 0.05) is 51.1 Å². The third kappa shape index (κ3) is 7.73. The van der Waals surface area contributed by atoms with E-state index in [4.69, 9.17) is 0 Å². The molecule has 2 N–H and O–H groups in total. The van der Waals surface area contributed by atoms with Crippen LogP contribution in [0.25, 0.3) is 0 Å². The summed E-state index contributed by atoms with van der Waals surface area (Å²) in [7, 11) is 3.28. The van der Waals surface area contributed by atoms with E-state index in [0.29, 0.717) is 24.5 Å². The van der Waals surface area contributed by atoms with Crippen molar-refractivity contribution in [2.75, 3.05) is 27.2 Å². The Bertz CT molecular complexity index is 802. The summed E-state index contributed by atoms with van der Waals surface area (Å²) in [6.45, 7) is -2.09. The van der Waals surface area contributed by atoms with Gasteiger partial charge >= 0.3 is 6.61 Å². The van der Waals surface area contributed by atoms with Gasteiger partial charge in [-0.2, -0.15) is 8.78 Å². The Morgan fingerprint density at radius 3 is 2.66 bits per heavy atom. The summed E-state index contributed by atoms with van der Waals surface area (Å²) in [4.78, 5) is 22.2. The fourth-order valence-electron chi connectivity index (χ4n) is 2.51. The number of pyridine rings is 1. The highest BCUT2D eigenvalue weighted by molar-refractivity contribution is 5.86. The predicted octanol–water partition coefficient (Wildman–Crippen LogP) is 2.05. The van der Waals surface area contributed by atoms with E-state index in [2.05, 4.69) is 25.3 Å². The van der Waals surface area contributed by atoms with Crippen LogP contribution in [0.4, 0.5) is 8.78 Å². The first-order chi connectivity index (χ1) is 14.0. The quantitative estimate of drug-likeness (QED) is 0.493. The Balaban J connectivity index is 1.79. The number of likely N-dealkylation sites (N-methyl/N-ethyl adjacent to an activating group) is 1. The highest BCUT2D eigenvalue weighted by Crippen LogP contribution is 2.19. The zero-order chi connectivity index (χ0) is 21.1. The minimum absolute atomic E-state index is 0.0492. The van der Waals surface area contributed by atoms with Crippen LogP contribution in [0.3, 0.4) is 0 Å².